The van der Waals surface area contributed by atoms with Gasteiger partial charge in [0.2, 0.25) is 17.6 Å². The van der Waals surface area contributed by atoms with Gasteiger partial charge in [0.25, 0.3) is 0 Å². The van der Waals surface area contributed by atoms with Gasteiger partial charge in [-0.1, -0.05) is 19.1 Å². The van der Waals surface area contributed by atoms with E-state index >= 15 is 0 Å². The lowest BCUT2D eigenvalue weighted by molar-refractivity contribution is -0.256. The summed E-state index contributed by atoms with van der Waals surface area (Å²) in [4.78, 5) is 81.8. The molecule has 4 saturated heterocycles. The lowest BCUT2D eigenvalue weighted by Gasteiger charge is -2.43. The van der Waals surface area contributed by atoms with Gasteiger partial charge >= 0.3 is 0 Å². The molecule has 6 aliphatic rings. The van der Waals surface area contributed by atoms with Crippen LogP contribution in [0.5, 0.6) is 17.2 Å². The molecular weight excluding hydrogens is 752 g/mol. The Bertz CT molecular complexity index is 2090. The van der Waals surface area contributed by atoms with E-state index in [2.05, 4.69) is 4.90 Å². The fourth-order valence-corrected chi connectivity index (χ4v) is 9.03. The van der Waals surface area contributed by atoms with Gasteiger partial charge in [-0.3, -0.25) is 38.6 Å². The fraction of sp³-hybridized carbons (Fsp3) is 0.538. The van der Waals surface area contributed by atoms with Crippen LogP contribution in [0.2, 0.25) is 0 Å². The van der Waals surface area contributed by atoms with E-state index in [1.807, 2.05) is 0 Å². The average Bonchev–Trinajstić information content (AvgIpc) is 3.68. The normalized spacial score (nSPS) is 32.1. The number of aromatic hydroxyl groups is 2. The Morgan fingerprint density at radius 2 is 1.77 bits per heavy atom. The maximum atomic E-state index is 14.4. The average molecular weight is 795 g/mol. The van der Waals surface area contributed by atoms with E-state index in [0.717, 1.165) is 4.90 Å². The molecule has 4 N–H and O–H groups in total. The third-order valence-electron chi connectivity index (χ3n) is 11.8. The number of carbonyl (C=O) groups is 6. The molecule has 57 heavy (non-hydrogen) atoms. The van der Waals surface area contributed by atoms with Crippen LogP contribution in [0.4, 0.5) is 0 Å². The molecule has 4 aliphatic heterocycles. The molecule has 18 heteroatoms. The van der Waals surface area contributed by atoms with Crippen LogP contribution in [-0.4, -0.2) is 148 Å². The number of aliphatic hydroxyl groups excluding tert-OH is 1. The molecule has 9 atom stereocenters. The molecule has 4 fully saturated rings. The number of rotatable bonds is 10. The monoisotopic (exact) mass is 794 g/mol. The Morgan fingerprint density at radius 1 is 1.02 bits per heavy atom. The summed E-state index contributed by atoms with van der Waals surface area (Å²) >= 11 is 0. The topological polar surface area (TPSA) is 245 Å². The Labute approximate surface area is 325 Å². The van der Waals surface area contributed by atoms with Gasteiger partial charge in [0.1, 0.15) is 42.2 Å². The number of morpholine rings is 1. The molecule has 4 heterocycles. The Hall–Kier alpha value is -4.66. The molecular formula is C39H42N2O16. The van der Waals surface area contributed by atoms with Crippen molar-refractivity contribution in [3.8, 4) is 17.2 Å². The number of aliphatic hydroxyl groups is 2. The van der Waals surface area contributed by atoms with Crippen molar-refractivity contribution in [3.05, 3.63) is 51.6 Å². The SMILES string of the molecule is CO[C@H]1OCCN2[C@@H]1O[C@@H]1[C@H](C)O[C@@H](O[C@H]3C[C@](O)(C(=O)CO)Cc4c(O)c5c(c(O)c43)C(=O)c3c(OCC(=O)CN4C(=O)CC(C)C4=O)cccc3C5=O)C[C@@H]12. The standard InChI is InChI=1S/C39H42N2O16/c1-16-9-25(45)41(36(16)50)13-18(43)15-54-22-6-4-5-19-27(22)33(48)30-29(31(19)46)32(47)20-11-39(51,24(44)14-42)12-23(28(20)34(30)49)56-26-10-21-35(17(2)55-26)57-37-38(52-3)53-8-7-40(21)37/h4-6,16-17,21,23,26,35,37-38,42,47,49,51H,7-15H2,1-3H3/t16?,17-,21-,23-,26-,35+,37+,38-,39-/m0/s1. The van der Waals surface area contributed by atoms with Crippen LogP contribution in [0.3, 0.4) is 0 Å². The Balaban J connectivity index is 1.12. The number of likely N-dealkylation sites (tertiary alicyclic amines) is 1. The van der Waals surface area contributed by atoms with E-state index in [0.29, 0.717) is 13.2 Å². The molecule has 1 unspecified atom stereocenters. The summed E-state index contributed by atoms with van der Waals surface area (Å²) < 4.78 is 35.8. The zero-order valence-corrected chi connectivity index (χ0v) is 31.3. The minimum atomic E-state index is -2.32. The van der Waals surface area contributed by atoms with Gasteiger partial charge in [-0.2, -0.15) is 0 Å². The van der Waals surface area contributed by atoms with Gasteiger partial charge in [-0.25, -0.2) is 0 Å². The first kappa shape index (κ1) is 39.2. The quantitative estimate of drug-likeness (QED) is 0.156. The highest BCUT2D eigenvalue weighted by atomic mass is 16.7. The van der Waals surface area contributed by atoms with Gasteiger partial charge < -0.3 is 48.8 Å². The van der Waals surface area contributed by atoms with Crippen LogP contribution in [0.15, 0.2) is 18.2 Å². The second kappa shape index (κ2) is 14.6. The summed E-state index contributed by atoms with van der Waals surface area (Å²) in [6, 6.07) is 3.76. The molecule has 0 spiro atoms. The summed E-state index contributed by atoms with van der Waals surface area (Å²) in [6.07, 6.45) is -5.49. The molecule has 0 bridgehead atoms. The van der Waals surface area contributed by atoms with E-state index in [4.69, 9.17) is 28.4 Å². The molecule has 2 aromatic rings. The summed E-state index contributed by atoms with van der Waals surface area (Å²) in [5, 5.41) is 45.2. The van der Waals surface area contributed by atoms with E-state index in [-0.39, 0.29) is 46.9 Å². The maximum Gasteiger partial charge on any atom is 0.232 e. The number of phenols is 2. The number of ether oxygens (including phenoxy) is 6. The number of methoxy groups -OCH3 is 1. The summed E-state index contributed by atoms with van der Waals surface area (Å²) in [5.74, 6) is -6.79. The van der Waals surface area contributed by atoms with Crippen molar-refractivity contribution in [3.63, 3.8) is 0 Å². The number of hydrogen-bond acceptors (Lipinski definition) is 17. The van der Waals surface area contributed by atoms with Crippen LogP contribution in [0, 0.1) is 5.92 Å². The number of Topliss-reactive ketones (excluding diaryl/α,β-unsaturated/α-hetero) is 2. The van der Waals surface area contributed by atoms with Crippen molar-refractivity contribution >= 4 is 34.9 Å². The first-order valence-electron chi connectivity index (χ1n) is 18.7. The zero-order chi connectivity index (χ0) is 40.7. The largest absolute Gasteiger partial charge is 0.507 e. The number of hydrogen-bond donors (Lipinski definition) is 4. The highest BCUT2D eigenvalue weighted by Crippen LogP contribution is 2.53. The Kier molecular flexibility index (Phi) is 10.0. The minimum Gasteiger partial charge on any atom is -0.507 e. The maximum absolute atomic E-state index is 14.4. The van der Waals surface area contributed by atoms with Crippen molar-refractivity contribution < 1.29 is 77.6 Å². The third kappa shape index (κ3) is 6.35. The number of imide groups is 1. The van der Waals surface area contributed by atoms with Gasteiger partial charge in [0.15, 0.2) is 36.2 Å². The van der Waals surface area contributed by atoms with Crippen molar-refractivity contribution in [1.29, 1.82) is 0 Å². The van der Waals surface area contributed by atoms with Crippen LogP contribution < -0.4 is 4.74 Å². The number of phenolic OH excluding ortho intramolecular Hbond substituents is 2. The van der Waals surface area contributed by atoms with E-state index in [9.17, 15) is 49.2 Å². The highest BCUT2D eigenvalue weighted by Gasteiger charge is 2.55. The summed E-state index contributed by atoms with van der Waals surface area (Å²) in [7, 11) is 1.51. The second-order valence-corrected chi connectivity index (χ2v) is 15.3. The van der Waals surface area contributed by atoms with Crippen LogP contribution in [0.25, 0.3) is 0 Å². The summed E-state index contributed by atoms with van der Waals surface area (Å²) in [5.41, 5.74) is -4.45. The first-order valence-corrected chi connectivity index (χ1v) is 18.7. The first-order chi connectivity index (χ1) is 27.2. The second-order valence-electron chi connectivity index (χ2n) is 15.3. The molecule has 0 radical (unpaired) electrons. The molecule has 0 saturated carbocycles. The lowest BCUT2D eigenvalue weighted by Crippen LogP contribution is -2.55. The molecule has 18 nitrogen and oxygen atoms in total. The van der Waals surface area contributed by atoms with Gasteiger partial charge in [0, 0.05) is 68.0 Å². The zero-order valence-electron chi connectivity index (χ0n) is 31.3. The van der Waals surface area contributed by atoms with E-state index in [1.54, 1.807) is 13.8 Å². The fourth-order valence-electron chi connectivity index (χ4n) is 9.03. The summed E-state index contributed by atoms with van der Waals surface area (Å²) in [6.45, 7) is 1.99. The molecule has 0 aromatic heterocycles. The van der Waals surface area contributed by atoms with Gasteiger partial charge in [-0.05, 0) is 13.0 Å². The Morgan fingerprint density at radius 3 is 2.47 bits per heavy atom. The van der Waals surface area contributed by atoms with Crippen molar-refractivity contribution in [2.75, 3.05) is 40.0 Å². The number of benzene rings is 2. The van der Waals surface area contributed by atoms with Crippen molar-refractivity contribution in [2.24, 2.45) is 5.92 Å². The smallest absolute Gasteiger partial charge is 0.232 e. The number of fused-ring (bicyclic) bond motifs is 6. The molecule has 304 valence electrons. The molecule has 2 aromatic carbocycles. The number of amides is 2. The van der Waals surface area contributed by atoms with E-state index < -0.39 is 139 Å². The van der Waals surface area contributed by atoms with Crippen LogP contribution >= 0.6 is 0 Å². The lowest BCUT2D eigenvalue weighted by atomic mass is 9.72. The third-order valence-corrected chi connectivity index (χ3v) is 11.8. The van der Waals surface area contributed by atoms with Crippen molar-refractivity contribution in [1.82, 2.24) is 9.80 Å². The van der Waals surface area contributed by atoms with Gasteiger partial charge in [-0.15, -0.1) is 0 Å². The number of nitrogens with zero attached hydrogens (tertiary/aromatic N) is 2. The van der Waals surface area contributed by atoms with E-state index in [1.165, 1.54) is 25.3 Å². The predicted octanol–water partition coefficient (Wildman–Crippen LogP) is 0.0456. The van der Waals surface area contributed by atoms with Crippen LogP contribution in [-0.2, 0) is 49.3 Å². The van der Waals surface area contributed by atoms with Gasteiger partial charge in [0.05, 0.1) is 42.0 Å². The highest BCUT2D eigenvalue weighted by molar-refractivity contribution is 6.31. The van der Waals surface area contributed by atoms with Crippen molar-refractivity contribution in [2.45, 2.75) is 88.3 Å². The number of carbonyl (C=O) groups excluding carboxylic acids is 6. The number of ketones is 4. The minimum absolute atomic E-state index is 0.0228. The molecule has 2 aliphatic carbocycles. The predicted molar refractivity (Wildman–Crippen MR) is 188 cm³/mol. The molecule has 8 rings (SSSR count). The van der Waals surface area contributed by atoms with Crippen LogP contribution in [0.1, 0.15) is 82.2 Å². The molecule has 2 amide bonds.